The summed E-state index contributed by atoms with van der Waals surface area (Å²) in [6.07, 6.45) is 0.867. The summed E-state index contributed by atoms with van der Waals surface area (Å²) in [6.45, 7) is 1.15. The predicted octanol–water partition coefficient (Wildman–Crippen LogP) is 2.76. The van der Waals surface area contributed by atoms with E-state index in [1.54, 1.807) is 12.1 Å². The van der Waals surface area contributed by atoms with Crippen molar-refractivity contribution in [3.63, 3.8) is 0 Å². The molecule has 0 aliphatic carbocycles. The van der Waals surface area contributed by atoms with Gasteiger partial charge in [0.2, 0.25) is 0 Å². The van der Waals surface area contributed by atoms with Crippen molar-refractivity contribution < 1.29 is 4.39 Å². The van der Waals surface area contributed by atoms with Gasteiger partial charge in [-0.15, -0.1) is 0 Å². The average molecular weight is 281 g/mol. The summed E-state index contributed by atoms with van der Waals surface area (Å²) in [7, 11) is 0. The fourth-order valence-electron chi connectivity index (χ4n) is 3.00. The van der Waals surface area contributed by atoms with Gasteiger partial charge in [0.15, 0.2) is 0 Å². The smallest absolute Gasteiger partial charge is 0.147 e. The van der Waals surface area contributed by atoms with Crippen LogP contribution in [0.4, 0.5) is 10.1 Å². The van der Waals surface area contributed by atoms with Gasteiger partial charge < -0.3 is 10.6 Å². The van der Waals surface area contributed by atoms with E-state index in [0.29, 0.717) is 17.8 Å². The van der Waals surface area contributed by atoms with Crippen LogP contribution in [0.15, 0.2) is 42.5 Å². The Morgan fingerprint density at radius 2 is 2.10 bits per heavy atom. The molecule has 0 saturated heterocycles. The Morgan fingerprint density at radius 3 is 2.81 bits per heavy atom. The largest absolute Gasteiger partial charge is 0.360 e. The number of nitrogens with zero attached hydrogens (tertiary/aromatic N) is 2. The number of halogens is 1. The Morgan fingerprint density at radius 1 is 1.29 bits per heavy atom. The van der Waals surface area contributed by atoms with E-state index in [9.17, 15) is 4.39 Å². The first-order valence-electron chi connectivity index (χ1n) is 6.98. The third-order valence-electron chi connectivity index (χ3n) is 4.02. The van der Waals surface area contributed by atoms with Crippen molar-refractivity contribution in [2.75, 3.05) is 18.0 Å². The van der Waals surface area contributed by atoms with Crippen LogP contribution in [0.2, 0.25) is 0 Å². The highest BCUT2D eigenvalue weighted by Gasteiger charge is 2.27. The summed E-state index contributed by atoms with van der Waals surface area (Å²) in [6, 6.07) is 14.7. The Kier molecular flexibility index (Phi) is 3.59. The predicted molar refractivity (Wildman–Crippen MR) is 80.4 cm³/mol. The van der Waals surface area contributed by atoms with Crippen LogP contribution in [0, 0.1) is 17.1 Å². The van der Waals surface area contributed by atoms with E-state index in [1.807, 2.05) is 23.1 Å². The van der Waals surface area contributed by atoms with E-state index in [4.69, 9.17) is 11.0 Å². The topological polar surface area (TPSA) is 53.0 Å². The van der Waals surface area contributed by atoms with Crippen molar-refractivity contribution in [2.45, 2.75) is 12.5 Å². The maximum atomic E-state index is 14.3. The van der Waals surface area contributed by atoms with Gasteiger partial charge in [-0.2, -0.15) is 5.26 Å². The zero-order chi connectivity index (χ0) is 14.8. The summed E-state index contributed by atoms with van der Waals surface area (Å²) < 4.78 is 14.3. The molecular formula is C17H16FN3. The molecule has 2 aromatic carbocycles. The molecule has 0 bridgehead atoms. The number of nitriles is 1. The van der Waals surface area contributed by atoms with E-state index in [1.165, 1.54) is 11.6 Å². The second kappa shape index (κ2) is 5.55. The van der Waals surface area contributed by atoms with Gasteiger partial charge in [-0.25, -0.2) is 4.39 Å². The van der Waals surface area contributed by atoms with Gasteiger partial charge in [0.05, 0.1) is 23.4 Å². The molecule has 2 aromatic rings. The van der Waals surface area contributed by atoms with Gasteiger partial charge >= 0.3 is 0 Å². The van der Waals surface area contributed by atoms with E-state index < -0.39 is 0 Å². The summed E-state index contributed by atoms with van der Waals surface area (Å²) in [5, 5.41) is 8.84. The van der Waals surface area contributed by atoms with Crippen molar-refractivity contribution in [1.29, 1.82) is 5.26 Å². The van der Waals surface area contributed by atoms with Crippen molar-refractivity contribution in [3.05, 3.63) is 65.0 Å². The highest BCUT2D eigenvalue weighted by Crippen LogP contribution is 2.34. The number of hydrogen-bond donors (Lipinski definition) is 1. The van der Waals surface area contributed by atoms with Gasteiger partial charge in [0, 0.05) is 13.1 Å². The second-order valence-corrected chi connectivity index (χ2v) is 5.17. The van der Waals surface area contributed by atoms with E-state index in [2.05, 4.69) is 12.1 Å². The monoisotopic (exact) mass is 281 g/mol. The number of rotatable bonds is 2. The molecule has 106 valence electrons. The molecule has 0 aromatic heterocycles. The lowest BCUT2D eigenvalue weighted by Gasteiger charge is -2.38. The van der Waals surface area contributed by atoms with Gasteiger partial charge in [-0.05, 0) is 35.7 Å². The first-order valence-corrected chi connectivity index (χ1v) is 6.98. The number of benzene rings is 2. The molecule has 0 fully saturated rings. The number of fused-ring (bicyclic) bond motifs is 1. The van der Waals surface area contributed by atoms with Crippen LogP contribution >= 0.6 is 0 Å². The van der Waals surface area contributed by atoms with E-state index in [0.717, 1.165) is 18.5 Å². The Bertz CT molecular complexity index is 705. The van der Waals surface area contributed by atoms with Gasteiger partial charge in [0.25, 0.3) is 0 Å². The normalized spacial score (nSPS) is 17.2. The third-order valence-corrected chi connectivity index (χ3v) is 4.02. The summed E-state index contributed by atoms with van der Waals surface area (Å²) in [4.78, 5) is 2.00. The minimum Gasteiger partial charge on any atom is -0.360 e. The SMILES string of the molecule is N#Cc1ccc(N2CCc3ccccc3C2CN)c(F)c1. The third kappa shape index (κ3) is 2.37. The first kappa shape index (κ1) is 13.6. The number of hydrogen-bond acceptors (Lipinski definition) is 3. The summed E-state index contributed by atoms with van der Waals surface area (Å²) in [5.41, 5.74) is 9.22. The van der Waals surface area contributed by atoms with Crippen LogP contribution in [0.25, 0.3) is 0 Å². The second-order valence-electron chi connectivity index (χ2n) is 5.17. The number of anilines is 1. The highest BCUT2D eigenvalue weighted by molar-refractivity contribution is 5.55. The molecule has 0 amide bonds. The minimum absolute atomic E-state index is 0.0302. The average Bonchev–Trinajstić information content (AvgIpc) is 2.53. The van der Waals surface area contributed by atoms with Crippen LogP contribution in [-0.2, 0) is 6.42 Å². The lowest BCUT2D eigenvalue weighted by molar-refractivity contribution is 0.560. The molecule has 0 spiro atoms. The summed E-state index contributed by atoms with van der Waals surface area (Å²) in [5.74, 6) is -0.369. The molecule has 1 aliphatic heterocycles. The van der Waals surface area contributed by atoms with Crippen molar-refractivity contribution in [3.8, 4) is 6.07 Å². The Balaban J connectivity index is 2.02. The van der Waals surface area contributed by atoms with Crippen LogP contribution in [0.5, 0.6) is 0 Å². The van der Waals surface area contributed by atoms with Crippen LogP contribution < -0.4 is 10.6 Å². The highest BCUT2D eigenvalue weighted by atomic mass is 19.1. The fourth-order valence-corrected chi connectivity index (χ4v) is 3.00. The van der Waals surface area contributed by atoms with Crippen LogP contribution in [0.1, 0.15) is 22.7 Å². The lowest BCUT2D eigenvalue weighted by Crippen LogP contribution is -2.39. The molecule has 4 heteroatoms. The summed E-state index contributed by atoms with van der Waals surface area (Å²) >= 11 is 0. The van der Waals surface area contributed by atoms with Gasteiger partial charge in [-0.1, -0.05) is 24.3 Å². The van der Waals surface area contributed by atoms with Crippen molar-refractivity contribution in [2.24, 2.45) is 5.73 Å². The lowest BCUT2D eigenvalue weighted by atomic mass is 9.92. The quantitative estimate of drug-likeness (QED) is 0.921. The number of nitrogens with two attached hydrogens (primary N) is 1. The first-order chi connectivity index (χ1) is 10.2. The Labute approximate surface area is 123 Å². The van der Waals surface area contributed by atoms with Crippen molar-refractivity contribution >= 4 is 5.69 Å². The standard InChI is InChI=1S/C17H16FN3/c18-15-9-12(10-19)5-6-16(15)21-8-7-13-3-1-2-4-14(13)17(21)11-20/h1-6,9,17H,7-8,11,20H2. The molecule has 0 radical (unpaired) electrons. The zero-order valence-electron chi connectivity index (χ0n) is 11.6. The van der Waals surface area contributed by atoms with E-state index in [-0.39, 0.29) is 11.9 Å². The maximum Gasteiger partial charge on any atom is 0.147 e. The van der Waals surface area contributed by atoms with Gasteiger partial charge in [0.1, 0.15) is 5.82 Å². The van der Waals surface area contributed by atoms with Gasteiger partial charge in [-0.3, -0.25) is 0 Å². The molecule has 1 aliphatic rings. The molecule has 1 atom stereocenters. The van der Waals surface area contributed by atoms with E-state index >= 15 is 0 Å². The zero-order valence-corrected chi connectivity index (χ0v) is 11.6. The van der Waals surface area contributed by atoms with Crippen LogP contribution in [0.3, 0.4) is 0 Å². The molecule has 1 heterocycles. The van der Waals surface area contributed by atoms with Crippen molar-refractivity contribution in [1.82, 2.24) is 0 Å². The maximum absolute atomic E-state index is 14.3. The molecular weight excluding hydrogens is 265 g/mol. The molecule has 1 unspecified atom stereocenters. The molecule has 3 rings (SSSR count). The Hall–Kier alpha value is -2.38. The molecule has 0 saturated carbocycles. The fraction of sp³-hybridized carbons (Fsp3) is 0.235. The molecule has 2 N–H and O–H groups in total. The van der Waals surface area contributed by atoms with Crippen LogP contribution in [-0.4, -0.2) is 13.1 Å². The minimum atomic E-state index is -0.369. The molecule has 21 heavy (non-hydrogen) atoms. The molecule has 3 nitrogen and oxygen atoms in total.